The fourth-order valence-electron chi connectivity index (χ4n) is 2.69. The Hall–Kier alpha value is -2.73. The van der Waals surface area contributed by atoms with Crippen molar-refractivity contribution in [3.63, 3.8) is 0 Å². The van der Waals surface area contributed by atoms with Crippen molar-refractivity contribution in [2.75, 3.05) is 19.5 Å². The molecule has 1 atom stereocenters. The number of hydrogen-bond acceptors (Lipinski definition) is 4. The summed E-state index contributed by atoms with van der Waals surface area (Å²) in [5.74, 6) is 1.16. The first-order valence-corrected chi connectivity index (χ1v) is 8.77. The van der Waals surface area contributed by atoms with Crippen LogP contribution in [0.2, 0.25) is 0 Å². The lowest BCUT2D eigenvalue weighted by Crippen LogP contribution is -2.19. The fourth-order valence-corrected chi connectivity index (χ4v) is 3.52. The lowest BCUT2D eigenvalue weighted by atomic mass is 10.1. The number of benzene rings is 1. The van der Waals surface area contributed by atoms with Gasteiger partial charge in [-0.15, -0.1) is 11.3 Å². The highest BCUT2D eigenvalue weighted by Crippen LogP contribution is 2.31. The van der Waals surface area contributed by atoms with Crippen molar-refractivity contribution in [1.82, 2.24) is 4.57 Å². The van der Waals surface area contributed by atoms with Crippen molar-refractivity contribution in [3.05, 3.63) is 65.1 Å². The first-order chi connectivity index (χ1) is 12.2. The zero-order chi connectivity index (χ0) is 17.6. The molecule has 1 aromatic carbocycles. The van der Waals surface area contributed by atoms with Crippen LogP contribution in [0.1, 0.15) is 17.3 Å². The van der Waals surface area contributed by atoms with Crippen molar-refractivity contribution in [2.45, 2.75) is 12.5 Å². The van der Waals surface area contributed by atoms with Crippen LogP contribution in [0.4, 0.5) is 5.69 Å². The van der Waals surface area contributed by atoms with Gasteiger partial charge in [-0.3, -0.25) is 4.79 Å². The maximum Gasteiger partial charge on any atom is 0.226 e. The number of aromatic nitrogens is 1. The van der Waals surface area contributed by atoms with Gasteiger partial charge in [-0.1, -0.05) is 6.07 Å². The third-order valence-electron chi connectivity index (χ3n) is 3.91. The first-order valence-electron chi connectivity index (χ1n) is 7.89. The van der Waals surface area contributed by atoms with E-state index in [1.807, 2.05) is 36.0 Å². The maximum atomic E-state index is 12.6. The molecule has 0 aliphatic rings. The second-order valence-corrected chi connectivity index (χ2v) is 6.46. The second kappa shape index (κ2) is 7.90. The predicted molar refractivity (Wildman–Crippen MR) is 99.7 cm³/mol. The topological polar surface area (TPSA) is 52.5 Å². The molecule has 5 nitrogen and oxygen atoms in total. The zero-order valence-corrected chi connectivity index (χ0v) is 15.0. The largest absolute Gasteiger partial charge is 0.493 e. The molecular formula is C19H20N2O3S. The van der Waals surface area contributed by atoms with Gasteiger partial charge in [0.15, 0.2) is 11.5 Å². The first kappa shape index (κ1) is 17.1. The van der Waals surface area contributed by atoms with Gasteiger partial charge in [0, 0.05) is 29.0 Å². The van der Waals surface area contributed by atoms with Crippen molar-refractivity contribution in [1.29, 1.82) is 0 Å². The van der Waals surface area contributed by atoms with Crippen LogP contribution in [0, 0.1) is 0 Å². The average molecular weight is 356 g/mol. The number of nitrogens with zero attached hydrogens (tertiary/aromatic N) is 1. The Bertz CT molecular complexity index is 779. The molecule has 0 fully saturated rings. The molecule has 25 heavy (non-hydrogen) atoms. The number of thiophene rings is 1. The highest BCUT2D eigenvalue weighted by molar-refractivity contribution is 7.10. The van der Waals surface area contributed by atoms with Gasteiger partial charge in [0.25, 0.3) is 0 Å². The van der Waals surface area contributed by atoms with Crippen LogP contribution in [-0.4, -0.2) is 24.7 Å². The SMILES string of the molecule is COc1ccc(NC(=O)CC(c2cccs2)n2cccc2)cc1OC. The Kier molecular flexibility index (Phi) is 5.40. The minimum atomic E-state index is -0.0562. The normalized spacial score (nSPS) is 11.8. The molecule has 0 bridgehead atoms. The third-order valence-corrected chi connectivity index (χ3v) is 4.88. The number of nitrogens with one attached hydrogen (secondary N) is 1. The Morgan fingerprint density at radius 2 is 1.88 bits per heavy atom. The summed E-state index contributed by atoms with van der Waals surface area (Å²) >= 11 is 1.65. The molecule has 1 N–H and O–H groups in total. The minimum absolute atomic E-state index is 0.0184. The number of methoxy groups -OCH3 is 2. The van der Waals surface area contributed by atoms with Gasteiger partial charge in [-0.2, -0.15) is 0 Å². The predicted octanol–water partition coefficient (Wildman–Crippen LogP) is 4.19. The maximum absolute atomic E-state index is 12.6. The number of hydrogen-bond donors (Lipinski definition) is 1. The number of rotatable bonds is 7. The van der Waals surface area contributed by atoms with Crippen LogP contribution in [0.5, 0.6) is 11.5 Å². The smallest absolute Gasteiger partial charge is 0.226 e. The summed E-state index contributed by atoms with van der Waals surface area (Å²) in [6.45, 7) is 0. The van der Waals surface area contributed by atoms with Crippen LogP contribution < -0.4 is 14.8 Å². The zero-order valence-electron chi connectivity index (χ0n) is 14.1. The summed E-state index contributed by atoms with van der Waals surface area (Å²) in [5.41, 5.74) is 0.681. The van der Waals surface area contributed by atoms with E-state index in [1.54, 1.807) is 43.8 Å². The number of carbonyl (C=O) groups is 1. The van der Waals surface area contributed by atoms with Crippen molar-refractivity contribution in [2.24, 2.45) is 0 Å². The molecular weight excluding hydrogens is 336 g/mol. The van der Waals surface area contributed by atoms with Crippen molar-refractivity contribution in [3.8, 4) is 11.5 Å². The Balaban J connectivity index is 1.74. The number of amides is 1. The minimum Gasteiger partial charge on any atom is -0.493 e. The summed E-state index contributed by atoms with van der Waals surface area (Å²) in [7, 11) is 3.15. The number of anilines is 1. The molecule has 1 unspecified atom stereocenters. The molecule has 0 saturated carbocycles. The van der Waals surface area contributed by atoms with Gasteiger partial charge in [-0.05, 0) is 35.7 Å². The lowest BCUT2D eigenvalue weighted by Gasteiger charge is -2.18. The average Bonchev–Trinajstić information content (AvgIpc) is 3.33. The van der Waals surface area contributed by atoms with Crippen LogP contribution in [0.3, 0.4) is 0 Å². The summed E-state index contributed by atoms with van der Waals surface area (Å²) in [6, 6.07) is 13.3. The van der Waals surface area contributed by atoms with Gasteiger partial charge >= 0.3 is 0 Å². The molecule has 2 heterocycles. The molecule has 6 heteroatoms. The highest BCUT2D eigenvalue weighted by Gasteiger charge is 2.18. The van der Waals surface area contributed by atoms with E-state index < -0.39 is 0 Å². The van der Waals surface area contributed by atoms with Gasteiger partial charge in [0.1, 0.15) is 0 Å². The van der Waals surface area contributed by atoms with E-state index in [0.29, 0.717) is 23.6 Å². The lowest BCUT2D eigenvalue weighted by molar-refractivity contribution is -0.116. The van der Waals surface area contributed by atoms with Gasteiger partial charge in [0.2, 0.25) is 5.91 Å². The third kappa shape index (κ3) is 4.03. The van der Waals surface area contributed by atoms with Crippen molar-refractivity contribution < 1.29 is 14.3 Å². The van der Waals surface area contributed by atoms with E-state index in [0.717, 1.165) is 4.88 Å². The molecule has 3 aromatic rings. The molecule has 3 rings (SSSR count). The van der Waals surface area contributed by atoms with Crippen LogP contribution >= 0.6 is 11.3 Å². The molecule has 0 aliphatic carbocycles. The van der Waals surface area contributed by atoms with Gasteiger partial charge in [-0.25, -0.2) is 0 Å². The van der Waals surface area contributed by atoms with Gasteiger partial charge in [0.05, 0.1) is 26.7 Å². The van der Waals surface area contributed by atoms with E-state index >= 15 is 0 Å². The van der Waals surface area contributed by atoms with Crippen LogP contribution in [0.15, 0.2) is 60.2 Å². The van der Waals surface area contributed by atoms with E-state index in [-0.39, 0.29) is 11.9 Å². The molecule has 0 saturated heterocycles. The molecule has 2 aromatic heterocycles. The number of ether oxygens (including phenoxy) is 2. The summed E-state index contributed by atoms with van der Waals surface area (Å²) in [4.78, 5) is 13.7. The highest BCUT2D eigenvalue weighted by atomic mass is 32.1. The van der Waals surface area contributed by atoms with E-state index in [1.165, 1.54) is 0 Å². The summed E-state index contributed by atoms with van der Waals surface area (Å²) < 4.78 is 12.6. The molecule has 1 amide bonds. The van der Waals surface area contributed by atoms with Crippen LogP contribution in [-0.2, 0) is 4.79 Å². The standard InChI is InChI=1S/C19H20N2O3S/c1-23-16-8-7-14(12-17(16)24-2)20-19(22)13-15(18-6-5-11-25-18)21-9-3-4-10-21/h3-12,15H,13H2,1-2H3,(H,20,22). The fraction of sp³-hybridized carbons (Fsp3) is 0.211. The Morgan fingerprint density at radius 3 is 2.52 bits per heavy atom. The quantitative estimate of drug-likeness (QED) is 0.691. The number of carbonyl (C=O) groups excluding carboxylic acids is 1. The molecule has 0 spiro atoms. The monoisotopic (exact) mass is 356 g/mol. The van der Waals surface area contributed by atoms with Crippen molar-refractivity contribution >= 4 is 22.9 Å². The Morgan fingerprint density at radius 1 is 1.12 bits per heavy atom. The van der Waals surface area contributed by atoms with E-state index in [2.05, 4.69) is 16.0 Å². The Labute approximate surface area is 150 Å². The van der Waals surface area contributed by atoms with Crippen LogP contribution in [0.25, 0.3) is 0 Å². The molecule has 130 valence electrons. The second-order valence-electron chi connectivity index (χ2n) is 5.48. The molecule has 0 radical (unpaired) electrons. The van der Waals surface area contributed by atoms with E-state index in [9.17, 15) is 4.79 Å². The van der Waals surface area contributed by atoms with Gasteiger partial charge < -0.3 is 19.4 Å². The van der Waals surface area contributed by atoms with E-state index in [4.69, 9.17) is 9.47 Å². The molecule has 0 aliphatic heterocycles. The summed E-state index contributed by atoms with van der Waals surface area (Å²) in [5, 5.41) is 4.96. The summed E-state index contributed by atoms with van der Waals surface area (Å²) in [6.07, 6.45) is 4.31.